The second-order valence-electron chi connectivity index (χ2n) is 9.92. The number of nitrogens with one attached hydrogen (secondary N) is 1. The summed E-state index contributed by atoms with van der Waals surface area (Å²) in [7, 11) is 2.01. The first-order valence-electron chi connectivity index (χ1n) is 13.5. The van der Waals surface area contributed by atoms with Crippen LogP contribution in [-0.4, -0.2) is 51.1 Å². The average Bonchev–Trinajstić information content (AvgIpc) is 2.82. The van der Waals surface area contributed by atoms with E-state index in [4.69, 9.17) is 0 Å². The number of unbranched alkanes of at least 4 members (excludes halogenated alkanes) is 1. The van der Waals surface area contributed by atoms with Crippen LogP contribution in [0.5, 0.6) is 0 Å². The van der Waals surface area contributed by atoms with E-state index >= 15 is 0 Å². The average molecular weight is 483 g/mol. The van der Waals surface area contributed by atoms with Gasteiger partial charge >= 0.3 is 0 Å². The molecule has 1 fully saturated rings. The van der Waals surface area contributed by atoms with Gasteiger partial charge in [0, 0.05) is 44.2 Å². The molecule has 2 rings (SSSR count). The molecular weight excluding hydrogens is 435 g/mol. The van der Waals surface area contributed by atoms with Crippen molar-refractivity contribution in [3.05, 3.63) is 59.2 Å². The number of aliphatic imine (C=N–C) groups is 2. The molecule has 35 heavy (non-hydrogen) atoms. The standard InChI is InChI=1S/C30H47FN4/c1-6-25(20-33-5)21-34-17-15-27(14-16-32-4)10-8-9-11-28-12-13-29(30(31)19-28)18-24(3)35-22-26(7-2)23-35/h12-13,19-21,26-27,32H,3,5-11,14-18,22-23H2,1-2,4H3/b25-20-,34-21?. The molecule has 1 N–H and O–H groups in total. The summed E-state index contributed by atoms with van der Waals surface area (Å²) in [4.78, 5) is 10.7. The highest BCUT2D eigenvalue weighted by atomic mass is 19.1. The molecule has 4 nitrogen and oxygen atoms in total. The predicted octanol–water partition coefficient (Wildman–Crippen LogP) is 6.62. The third-order valence-corrected chi connectivity index (χ3v) is 7.21. The summed E-state index contributed by atoms with van der Waals surface area (Å²) in [5, 5.41) is 3.28. The van der Waals surface area contributed by atoms with E-state index in [1.54, 1.807) is 12.3 Å². The molecule has 1 aromatic carbocycles. The van der Waals surface area contributed by atoms with Crippen LogP contribution in [0.1, 0.15) is 69.9 Å². The van der Waals surface area contributed by atoms with Crippen molar-refractivity contribution in [2.75, 3.05) is 33.2 Å². The molecule has 1 heterocycles. The van der Waals surface area contributed by atoms with Crippen LogP contribution in [0.2, 0.25) is 0 Å². The van der Waals surface area contributed by atoms with Gasteiger partial charge in [-0.25, -0.2) is 4.39 Å². The molecule has 1 aromatic rings. The molecule has 1 atom stereocenters. The van der Waals surface area contributed by atoms with Gasteiger partial charge in [-0.1, -0.05) is 45.4 Å². The fraction of sp³-hybridized carbons (Fsp3) is 0.600. The van der Waals surface area contributed by atoms with Crippen LogP contribution >= 0.6 is 0 Å². The minimum absolute atomic E-state index is 0.0897. The zero-order valence-electron chi connectivity index (χ0n) is 22.4. The van der Waals surface area contributed by atoms with Gasteiger partial charge in [0.25, 0.3) is 0 Å². The zero-order chi connectivity index (χ0) is 25.5. The summed E-state index contributed by atoms with van der Waals surface area (Å²) < 4.78 is 14.7. The van der Waals surface area contributed by atoms with E-state index in [9.17, 15) is 4.39 Å². The van der Waals surface area contributed by atoms with Gasteiger partial charge in [-0.15, -0.1) is 0 Å². The second-order valence-corrected chi connectivity index (χ2v) is 9.92. The van der Waals surface area contributed by atoms with E-state index in [2.05, 4.69) is 53.4 Å². The molecule has 0 aliphatic carbocycles. The van der Waals surface area contributed by atoms with Crippen LogP contribution in [0.4, 0.5) is 4.39 Å². The topological polar surface area (TPSA) is 40.0 Å². The maximum atomic E-state index is 14.7. The Labute approximate surface area is 213 Å². The van der Waals surface area contributed by atoms with Gasteiger partial charge in [-0.2, -0.15) is 0 Å². The predicted molar refractivity (Wildman–Crippen MR) is 150 cm³/mol. The molecule has 5 heteroatoms. The number of nitrogens with zero attached hydrogens (tertiary/aromatic N) is 3. The summed E-state index contributed by atoms with van der Waals surface area (Å²) in [6.07, 6.45) is 13.1. The van der Waals surface area contributed by atoms with Crippen molar-refractivity contribution in [1.82, 2.24) is 10.2 Å². The van der Waals surface area contributed by atoms with E-state index in [0.29, 0.717) is 12.3 Å². The molecular formula is C30H47FN4. The van der Waals surface area contributed by atoms with E-state index in [1.807, 2.05) is 19.3 Å². The number of halogens is 1. The highest BCUT2D eigenvalue weighted by molar-refractivity contribution is 5.78. The van der Waals surface area contributed by atoms with E-state index in [-0.39, 0.29) is 5.82 Å². The lowest BCUT2D eigenvalue weighted by Crippen LogP contribution is -2.45. The minimum atomic E-state index is -0.0897. The monoisotopic (exact) mass is 482 g/mol. The van der Waals surface area contributed by atoms with Gasteiger partial charge in [0.2, 0.25) is 0 Å². The molecule has 194 valence electrons. The van der Waals surface area contributed by atoms with Crippen molar-refractivity contribution in [3.63, 3.8) is 0 Å². The number of hydrogen-bond donors (Lipinski definition) is 1. The van der Waals surface area contributed by atoms with Crippen molar-refractivity contribution in [2.45, 2.75) is 71.6 Å². The minimum Gasteiger partial charge on any atom is -0.374 e. The van der Waals surface area contributed by atoms with Crippen molar-refractivity contribution >= 4 is 12.9 Å². The molecule has 1 saturated heterocycles. The first-order chi connectivity index (χ1) is 17.0. The Balaban J connectivity index is 1.74. The van der Waals surface area contributed by atoms with Crippen LogP contribution in [0.25, 0.3) is 0 Å². The first kappa shape index (κ1) is 29.0. The third-order valence-electron chi connectivity index (χ3n) is 7.21. The molecule has 0 saturated carbocycles. The maximum Gasteiger partial charge on any atom is 0.127 e. The lowest BCUT2D eigenvalue weighted by atomic mass is 9.93. The smallest absolute Gasteiger partial charge is 0.127 e. The van der Waals surface area contributed by atoms with E-state index in [1.165, 1.54) is 19.3 Å². The van der Waals surface area contributed by atoms with Gasteiger partial charge in [0.05, 0.1) is 0 Å². The fourth-order valence-corrected chi connectivity index (χ4v) is 4.62. The van der Waals surface area contributed by atoms with Crippen molar-refractivity contribution in [1.29, 1.82) is 0 Å². The molecule has 0 spiro atoms. The highest BCUT2D eigenvalue weighted by Crippen LogP contribution is 2.25. The van der Waals surface area contributed by atoms with Gasteiger partial charge in [0.1, 0.15) is 5.82 Å². The summed E-state index contributed by atoms with van der Waals surface area (Å²) in [5.41, 5.74) is 4.01. The van der Waals surface area contributed by atoms with Gasteiger partial charge in [-0.05, 0) is 93.4 Å². The quantitative estimate of drug-likeness (QED) is 0.189. The SMILES string of the molecule is C=N/C=C(\C=NCCC(CCCCc1ccc(CC(=C)N2CC(CC)C2)c(F)c1)CCNC)CC. The normalized spacial score (nSPS) is 15.4. The molecule has 1 aliphatic heterocycles. The highest BCUT2D eigenvalue weighted by Gasteiger charge is 2.26. The lowest BCUT2D eigenvalue weighted by molar-refractivity contribution is 0.137. The Bertz CT molecular complexity index is 839. The molecule has 0 radical (unpaired) electrons. The van der Waals surface area contributed by atoms with Crippen LogP contribution in [-0.2, 0) is 12.8 Å². The van der Waals surface area contributed by atoms with Crippen LogP contribution < -0.4 is 5.32 Å². The molecule has 1 unspecified atom stereocenters. The Morgan fingerprint density at radius 3 is 2.69 bits per heavy atom. The Hall–Kier alpha value is -2.27. The van der Waals surface area contributed by atoms with Crippen molar-refractivity contribution in [3.8, 4) is 0 Å². The number of benzene rings is 1. The van der Waals surface area contributed by atoms with Crippen LogP contribution in [0.15, 0.2) is 52.2 Å². The lowest BCUT2D eigenvalue weighted by Gasteiger charge is -2.42. The third kappa shape index (κ3) is 10.5. The first-order valence-corrected chi connectivity index (χ1v) is 13.5. The van der Waals surface area contributed by atoms with E-state index < -0.39 is 0 Å². The number of rotatable bonds is 18. The fourth-order valence-electron chi connectivity index (χ4n) is 4.62. The Kier molecular flexibility index (Phi) is 13.6. The van der Waals surface area contributed by atoms with Gasteiger partial charge in [-0.3, -0.25) is 9.98 Å². The Morgan fingerprint density at radius 2 is 2.03 bits per heavy atom. The van der Waals surface area contributed by atoms with Crippen molar-refractivity contribution in [2.24, 2.45) is 21.8 Å². The van der Waals surface area contributed by atoms with Crippen LogP contribution in [0, 0.1) is 17.7 Å². The number of aryl methyl sites for hydroxylation is 1. The zero-order valence-corrected chi connectivity index (χ0v) is 22.4. The van der Waals surface area contributed by atoms with Gasteiger partial charge in [0.15, 0.2) is 0 Å². The van der Waals surface area contributed by atoms with Crippen molar-refractivity contribution < 1.29 is 4.39 Å². The summed E-state index contributed by atoms with van der Waals surface area (Å²) in [6.45, 7) is 16.0. The van der Waals surface area contributed by atoms with E-state index in [0.717, 1.165) is 86.6 Å². The van der Waals surface area contributed by atoms with Crippen LogP contribution in [0.3, 0.4) is 0 Å². The summed E-state index contributed by atoms with van der Waals surface area (Å²) >= 11 is 0. The maximum absolute atomic E-state index is 14.7. The molecule has 0 bridgehead atoms. The van der Waals surface area contributed by atoms with Gasteiger partial charge < -0.3 is 10.2 Å². The number of allylic oxidation sites excluding steroid dienone is 2. The molecule has 0 amide bonds. The summed E-state index contributed by atoms with van der Waals surface area (Å²) in [5.74, 6) is 1.34. The molecule has 0 aromatic heterocycles. The number of hydrogen-bond acceptors (Lipinski definition) is 4. The number of likely N-dealkylation sites (tertiary alicyclic amines) is 1. The Morgan fingerprint density at radius 1 is 1.23 bits per heavy atom. The second kappa shape index (κ2) is 16.4. The molecule has 1 aliphatic rings. The summed E-state index contributed by atoms with van der Waals surface area (Å²) in [6, 6.07) is 5.79. The largest absolute Gasteiger partial charge is 0.374 e.